The van der Waals surface area contributed by atoms with Crippen molar-refractivity contribution in [1.82, 2.24) is 0 Å². The van der Waals surface area contributed by atoms with Crippen molar-refractivity contribution >= 4 is 0 Å². The minimum absolute atomic E-state index is 0.102. The largest absolute Gasteiger partial charge is 0.496 e. The van der Waals surface area contributed by atoms with Gasteiger partial charge in [-0.25, -0.2) is 0 Å². The van der Waals surface area contributed by atoms with Crippen LogP contribution in [0.25, 0.3) is 0 Å². The summed E-state index contributed by atoms with van der Waals surface area (Å²) in [5.41, 5.74) is 4.10. The van der Waals surface area contributed by atoms with Crippen molar-refractivity contribution in [3.8, 4) is 5.75 Å². The number of methoxy groups -OCH3 is 1. The highest BCUT2D eigenvalue weighted by molar-refractivity contribution is 5.49. The Morgan fingerprint density at radius 1 is 1.25 bits per heavy atom. The van der Waals surface area contributed by atoms with Crippen molar-refractivity contribution in [3.63, 3.8) is 0 Å². The van der Waals surface area contributed by atoms with Crippen LogP contribution in [0.1, 0.15) is 70.1 Å². The molecule has 0 aliphatic carbocycles. The molecule has 0 fully saturated rings. The zero-order chi connectivity index (χ0) is 15.3. The first-order chi connectivity index (χ1) is 9.35. The van der Waals surface area contributed by atoms with Gasteiger partial charge in [0, 0.05) is 5.56 Å². The maximum absolute atomic E-state index is 5.80. The number of aryl methyl sites for hydroxylation is 1. The number of hydrogen-bond acceptors (Lipinski definition) is 1. The Labute approximate surface area is 125 Å². The molecule has 1 aromatic carbocycles. The van der Waals surface area contributed by atoms with E-state index in [9.17, 15) is 0 Å². The fourth-order valence-corrected chi connectivity index (χ4v) is 2.70. The van der Waals surface area contributed by atoms with E-state index < -0.39 is 0 Å². The third kappa shape index (κ3) is 3.88. The zero-order valence-corrected chi connectivity index (χ0v) is 14.2. The normalized spacial score (nSPS) is 13.8. The molecular formula is C19H30O. The van der Waals surface area contributed by atoms with Gasteiger partial charge in [-0.1, -0.05) is 57.5 Å². The van der Waals surface area contributed by atoms with Gasteiger partial charge in [-0.05, 0) is 43.6 Å². The van der Waals surface area contributed by atoms with Crippen LogP contribution in [0.3, 0.4) is 0 Å². The highest BCUT2D eigenvalue weighted by atomic mass is 16.5. The van der Waals surface area contributed by atoms with Crippen molar-refractivity contribution in [2.45, 2.75) is 65.7 Å². The Hall–Kier alpha value is -1.24. The summed E-state index contributed by atoms with van der Waals surface area (Å²) < 4.78 is 5.80. The van der Waals surface area contributed by atoms with Gasteiger partial charge < -0.3 is 4.74 Å². The molecule has 0 spiro atoms. The van der Waals surface area contributed by atoms with Gasteiger partial charge in [0.25, 0.3) is 0 Å². The van der Waals surface area contributed by atoms with Crippen molar-refractivity contribution in [1.29, 1.82) is 0 Å². The van der Waals surface area contributed by atoms with Gasteiger partial charge in [-0.15, -0.1) is 0 Å². The molecule has 1 unspecified atom stereocenters. The first kappa shape index (κ1) is 16.8. The summed E-state index contributed by atoms with van der Waals surface area (Å²) in [5.74, 6) is 1.61. The van der Waals surface area contributed by atoms with E-state index in [0.29, 0.717) is 5.92 Å². The summed E-state index contributed by atoms with van der Waals surface area (Å²) in [5, 5.41) is 0. The quantitative estimate of drug-likeness (QED) is 0.620. The van der Waals surface area contributed by atoms with E-state index in [1.807, 2.05) is 0 Å². The average molecular weight is 274 g/mol. The van der Waals surface area contributed by atoms with Crippen molar-refractivity contribution in [2.75, 3.05) is 7.11 Å². The lowest BCUT2D eigenvalue weighted by Crippen LogP contribution is -2.15. The molecule has 0 N–H and O–H groups in total. The number of benzene rings is 1. The number of hydrogen-bond donors (Lipinski definition) is 0. The van der Waals surface area contributed by atoms with Crippen LogP contribution in [-0.4, -0.2) is 7.11 Å². The van der Waals surface area contributed by atoms with Gasteiger partial charge in [0.2, 0.25) is 0 Å². The maximum atomic E-state index is 5.80. The maximum Gasteiger partial charge on any atom is 0.126 e. The zero-order valence-electron chi connectivity index (χ0n) is 14.2. The van der Waals surface area contributed by atoms with Crippen LogP contribution in [0.15, 0.2) is 24.3 Å². The standard InChI is InChI=1S/C19H30O/c1-8-10-11-15(9-2)16-12-14(3)13-17(18(16)20-7)19(4,5)6/h8,10,12-13,15H,9,11H2,1-7H3/b10-8-. The molecule has 0 aliphatic rings. The monoisotopic (exact) mass is 274 g/mol. The lowest BCUT2D eigenvalue weighted by molar-refractivity contribution is 0.387. The first-order valence-corrected chi connectivity index (χ1v) is 7.65. The highest BCUT2D eigenvalue weighted by Crippen LogP contribution is 2.40. The van der Waals surface area contributed by atoms with E-state index in [0.717, 1.165) is 18.6 Å². The van der Waals surface area contributed by atoms with E-state index in [1.54, 1.807) is 7.11 Å². The molecule has 0 saturated heterocycles. The van der Waals surface area contributed by atoms with Crippen molar-refractivity contribution in [2.24, 2.45) is 0 Å². The van der Waals surface area contributed by atoms with Crippen LogP contribution in [-0.2, 0) is 5.41 Å². The fourth-order valence-electron chi connectivity index (χ4n) is 2.70. The van der Waals surface area contributed by atoms with E-state index in [2.05, 4.69) is 65.8 Å². The van der Waals surface area contributed by atoms with Crippen LogP contribution in [0.5, 0.6) is 5.75 Å². The lowest BCUT2D eigenvalue weighted by Gasteiger charge is -2.27. The smallest absolute Gasteiger partial charge is 0.126 e. The Morgan fingerprint density at radius 2 is 1.90 bits per heavy atom. The summed E-state index contributed by atoms with van der Waals surface area (Å²) in [4.78, 5) is 0. The van der Waals surface area contributed by atoms with E-state index >= 15 is 0 Å². The number of rotatable bonds is 5. The molecule has 20 heavy (non-hydrogen) atoms. The van der Waals surface area contributed by atoms with Crippen LogP contribution in [0, 0.1) is 6.92 Å². The second-order valence-electron chi connectivity index (χ2n) is 6.59. The number of ether oxygens (including phenoxy) is 1. The second kappa shape index (κ2) is 6.97. The second-order valence-corrected chi connectivity index (χ2v) is 6.59. The van der Waals surface area contributed by atoms with E-state index in [4.69, 9.17) is 4.74 Å². The first-order valence-electron chi connectivity index (χ1n) is 7.65. The van der Waals surface area contributed by atoms with Gasteiger partial charge in [0.15, 0.2) is 0 Å². The summed E-state index contributed by atoms with van der Waals surface area (Å²) in [6.45, 7) is 13.3. The molecule has 1 atom stereocenters. The Bertz CT molecular complexity index is 463. The molecule has 0 amide bonds. The van der Waals surface area contributed by atoms with Crippen LogP contribution >= 0.6 is 0 Å². The van der Waals surface area contributed by atoms with Gasteiger partial charge in [0.05, 0.1) is 7.11 Å². The Morgan fingerprint density at radius 3 is 2.35 bits per heavy atom. The fraction of sp³-hybridized carbons (Fsp3) is 0.579. The molecule has 1 aromatic rings. The van der Waals surface area contributed by atoms with Crippen LogP contribution in [0.2, 0.25) is 0 Å². The molecule has 1 rings (SSSR count). The summed E-state index contributed by atoms with van der Waals surface area (Å²) in [7, 11) is 1.80. The molecule has 0 bridgehead atoms. The molecule has 0 saturated carbocycles. The van der Waals surface area contributed by atoms with Gasteiger partial charge >= 0.3 is 0 Å². The van der Waals surface area contributed by atoms with Crippen LogP contribution in [0.4, 0.5) is 0 Å². The van der Waals surface area contributed by atoms with Crippen molar-refractivity contribution < 1.29 is 4.74 Å². The molecular weight excluding hydrogens is 244 g/mol. The van der Waals surface area contributed by atoms with Gasteiger partial charge in [0.1, 0.15) is 5.75 Å². The SMILES string of the molecule is C/C=C\CC(CC)c1cc(C)cc(C(C)(C)C)c1OC. The topological polar surface area (TPSA) is 9.23 Å². The minimum atomic E-state index is 0.102. The Kier molecular flexibility index (Phi) is 5.86. The molecule has 0 radical (unpaired) electrons. The molecule has 112 valence electrons. The van der Waals surface area contributed by atoms with Gasteiger partial charge in [-0.3, -0.25) is 0 Å². The van der Waals surface area contributed by atoms with Gasteiger partial charge in [-0.2, -0.15) is 0 Å². The summed E-state index contributed by atoms with van der Waals surface area (Å²) >= 11 is 0. The van der Waals surface area contributed by atoms with E-state index in [1.165, 1.54) is 16.7 Å². The Balaban J connectivity index is 3.41. The molecule has 0 aliphatic heterocycles. The minimum Gasteiger partial charge on any atom is -0.496 e. The average Bonchev–Trinajstić information content (AvgIpc) is 2.38. The predicted molar refractivity (Wildman–Crippen MR) is 88.9 cm³/mol. The van der Waals surface area contributed by atoms with E-state index in [-0.39, 0.29) is 5.41 Å². The van der Waals surface area contributed by atoms with Crippen molar-refractivity contribution in [3.05, 3.63) is 41.0 Å². The third-order valence-electron chi connectivity index (χ3n) is 3.86. The molecule has 1 nitrogen and oxygen atoms in total. The summed E-state index contributed by atoms with van der Waals surface area (Å²) in [6, 6.07) is 4.57. The lowest BCUT2D eigenvalue weighted by atomic mass is 9.81. The predicted octanol–water partition coefficient (Wildman–Crippen LogP) is 5.76. The molecule has 1 heteroatoms. The van der Waals surface area contributed by atoms with Crippen LogP contribution < -0.4 is 4.74 Å². The summed E-state index contributed by atoms with van der Waals surface area (Å²) in [6.07, 6.45) is 6.60. The number of allylic oxidation sites excluding steroid dienone is 2. The molecule has 0 heterocycles. The third-order valence-corrected chi connectivity index (χ3v) is 3.86. The highest BCUT2D eigenvalue weighted by Gasteiger charge is 2.24. The molecule has 0 aromatic heterocycles.